The second kappa shape index (κ2) is 12.4. The van der Waals surface area contributed by atoms with Crippen molar-refractivity contribution < 1.29 is 28.3 Å². The number of aromatic carboxylic acids is 1. The molecule has 1 saturated heterocycles. The Morgan fingerprint density at radius 2 is 1.70 bits per heavy atom. The fourth-order valence-electron chi connectivity index (χ4n) is 5.64. The number of nitrogens with zero attached hydrogens (tertiary/aromatic N) is 3. The number of hydrogen-bond acceptors (Lipinski definition) is 4. The molecule has 230 valence electrons. The average Bonchev–Trinajstić information content (AvgIpc) is 3.44. The lowest BCUT2D eigenvalue weighted by atomic mass is 9.88. The maximum absolute atomic E-state index is 14.9. The number of hydrogen-bond donors (Lipinski definition) is 2. The quantitative estimate of drug-likeness (QED) is 0.323. The third-order valence-corrected chi connectivity index (χ3v) is 8.37. The summed E-state index contributed by atoms with van der Waals surface area (Å²) in [7, 11) is 0. The maximum Gasteiger partial charge on any atom is 0.335 e. The zero-order valence-electron chi connectivity index (χ0n) is 24.7. The summed E-state index contributed by atoms with van der Waals surface area (Å²) in [6.45, 7) is 6.59. The molecule has 2 heterocycles. The Bertz CT molecular complexity index is 1680. The highest BCUT2D eigenvalue weighted by Gasteiger charge is 2.30. The third kappa shape index (κ3) is 6.45. The predicted octanol–water partition coefficient (Wildman–Crippen LogP) is 6.59. The normalized spacial score (nSPS) is 16.1. The number of carbonyl (C=O) groups is 3. The molecule has 8 nitrogen and oxygen atoms in total. The van der Waals surface area contributed by atoms with Crippen LogP contribution < -0.4 is 5.32 Å². The number of amides is 2. The van der Waals surface area contributed by atoms with Gasteiger partial charge in [0.05, 0.1) is 34.1 Å². The van der Waals surface area contributed by atoms with E-state index in [1.54, 1.807) is 23.1 Å². The van der Waals surface area contributed by atoms with Gasteiger partial charge in [-0.2, -0.15) is 5.10 Å². The lowest BCUT2D eigenvalue weighted by Gasteiger charge is -2.33. The minimum Gasteiger partial charge on any atom is -0.478 e. The van der Waals surface area contributed by atoms with E-state index in [1.165, 1.54) is 16.9 Å². The Kier molecular flexibility index (Phi) is 8.74. The molecule has 0 unspecified atom stereocenters. The minimum absolute atomic E-state index is 0.0432. The topological polar surface area (TPSA) is 105 Å². The highest BCUT2D eigenvalue weighted by molar-refractivity contribution is 6.32. The lowest BCUT2D eigenvalue weighted by molar-refractivity contribution is -0.127. The molecule has 11 heteroatoms. The maximum atomic E-state index is 14.9. The van der Waals surface area contributed by atoms with Crippen LogP contribution in [0.2, 0.25) is 0 Å². The molecule has 0 atom stereocenters. The SMILES string of the molecule is CC(C)(C)n1ncc(C(=O)NC2=CC(C(=O)N3CCC(c4ccc(C(=O)O)cc4)CC3)=C(Cl)CC2)c1-c1ccc(F)cc1F. The fraction of sp³-hybridized carbons (Fsp3) is 0.333. The Hall–Kier alpha value is -4.31. The number of carbonyl (C=O) groups excluding carboxylic acids is 2. The number of rotatable bonds is 6. The van der Waals surface area contributed by atoms with Crippen molar-refractivity contribution in [1.29, 1.82) is 0 Å². The molecule has 2 amide bonds. The molecule has 5 rings (SSSR count). The van der Waals surface area contributed by atoms with Gasteiger partial charge in [0, 0.05) is 35.4 Å². The molecular formula is C33H33ClF2N4O4. The number of benzene rings is 2. The minimum atomic E-state index is -0.972. The summed E-state index contributed by atoms with van der Waals surface area (Å²) in [5.74, 6) is -3.07. The Morgan fingerprint density at radius 3 is 2.32 bits per heavy atom. The van der Waals surface area contributed by atoms with Crippen molar-refractivity contribution >= 4 is 29.4 Å². The summed E-state index contributed by atoms with van der Waals surface area (Å²) < 4.78 is 30.1. The second-order valence-corrected chi connectivity index (χ2v) is 12.5. The van der Waals surface area contributed by atoms with E-state index in [0.717, 1.165) is 30.5 Å². The number of nitrogens with one attached hydrogen (secondary N) is 1. The van der Waals surface area contributed by atoms with Crippen LogP contribution in [0.4, 0.5) is 8.78 Å². The van der Waals surface area contributed by atoms with E-state index in [1.807, 2.05) is 32.9 Å². The van der Waals surface area contributed by atoms with E-state index in [9.17, 15) is 23.2 Å². The standard InChI is InChI=1S/C33H33ClF2N4O4/c1-33(2,3)40-29(24-10-8-22(35)16-28(24)36)26(18-37-40)30(41)38-23-9-11-27(34)25(17-23)31(42)39-14-12-20(13-15-39)19-4-6-21(7-5-19)32(43)44/h4-8,10,16-18,20H,9,11-15H2,1-3H3,(H,38,41)(H,43,44). The van der Waals surface area contributed by atoms with E-state index in [2.05, 4.69) is 10.4 Å². The molecule has 2 N–H and O–H groups in total. The van der Waals surface area contributed by atoms with Crippen molar-refractivity contribution in [3.8, 4) is 11.3 Å². The Labute approximate surface area is 259 Å². The largest absolute Gasteiger partial charge is 0.478 e. The fourth-order valence-corrected chi connectivity index (χ4v) is 5.87. The van der Waals surface area contributed by atoms with Crippen molar-refractivity contribution in [3.05, 3.63) is 99.4 Å². The molecule has 3 aromatic rings. The van der Waals surface area contributed by atoms with Gasteiger partial charge in [-0.15, -0.1) is 0 Å². The van der Waals surface area contributed by atoms with Gasteiger partial charge in [0.1, 0.15) is 11.6 Å². The summed E-state index contributed by atoms with van der Waals surface area (Å²) in [4.78, 5) is 40.0. The molecule has 1 aliphatic heterocycles. The van der Waals surface area contributed by atoms with Gasteiger partial charge in [0.2, 0.25) is 0 Å². The number of halogens is 3. The molecule has 1 aliphatic carbocycles. The van der Waals surface area contributed by atoms with Gasteiger partial charge in [-0.3, -0.25) is 14.3 Å². The summed E-state index contributed by atoms with van der Waals surface area (Å²) in [5, 5.41) is 16.8. The lowest BCUT2D eigenvalue weighted by Crippen LogP contribution is -2.39. The highest BCUT2D eigenvalue weighted by atomic mass is 35.5. The molecule has 0 spiro atoms. The van der Waals surface area contributed by atoms with Crippen LogP contribution in [0.25, 0.3) is 11.3 Å². The van der Waals surface area contributed by atoms with Gasteiger partial charge in [0.15, 0.2) is 0 Å². The first kappa shape index (κ1) is 31.1. The van der Waals surface area contributed by atoms with Gasteiger partial charge >= 0.3 is 5.97 Å². The summed E-state index contributed by atoms with van der Waals surface area (Å²) in [6, 6.07) is 10.0. The van der Waals surface area contributed by atoms with Crippen molar-refractivity contribution in [1.82, 2.24) is 20.0 Å². The van der Waals surface area contributed by atoms with E-state index in [4.69, 9.17) is 16.7 Å². The van der Waals surface area contributed by atoms with Crippen molar-refractivity contribution in [2.24, 2.45) is 0 Å². The number of allylic oxidation sites excluding steroid dienone is 2. The van der Waals surface area contributed by atoms with Crippen molar-refractivity contribution in [2.45, 2.75) is 57.9 Å². The number of aromatic nitrogens is 2. The molecule has 0 saturated carbocycles. The molecule has 0 bridgehead atoms. The first-order valence-corrected chi connectivity index (χ1v) is 14.8. The van der Waals surface area contributed by atoms with Crippen LogP contribution in [-0.2, 0) is 10.3 Å². The van der Waals surface area contributed by atoms with Crippen LogP contribution >= 0.6 is 11.6 Å². The van der Waals surface area contributed by atoms with Crippen LogP contribution in [0, 0.1) is 11.6 Å². The van der Waals surface area contributed by atoms with Crippen LogP contribution in [0.3, 0.4) is 0 Å². The van der Waals surface area contributed by atoms with Gasteiger partial charge in [-0.1, -0.05) is 23.7 Å². The van der Waals surface area contributed by atoms with E-state index in [0.29, 0.717) is 42.2 Å². The number of carboxylic acids is 1. The van der Waals surface area contributed by atoms with Gasteiger partial charge < -0.3 is 15.3 Å². The smallest absolute Gasteiger partial charge is 0.335 e. The van der Waals surface area contributed by atoms with Crippen LogP contribution in [0.15, 0.2) is 71.0 Å². The first-order valence-electron chi connectivity index (χ1n) is 14.4. The Balaban J connectivity index is 1.32. The number of carboxylic acid groups (broad SMARTS) is 1. The van der Waals surface area contributed by atoms with Gasteiger partial charge in [-0.25, -0.2) is 13.6 Å². The van der Waals surface area contributed by atoms with Crippen LogP contribution in [-0.4, -0.2) is 50.7 Å². The number of piperidine rings is 1. The first-order chi connectivity index (χ1) is 20.8. The van der Waals surface area contributed by atoms with Crippen molar-refractivity contribution in [3.63, 3.8) is 0 Å². The third-order valence-electron chi connectivity index (χ3n) is 7.98. The summed E-state index contributed by atoms with van der Waals surface area (Å²) in [5.41, 5.74) is 1.84. The molecular weight excluding hydrogens is 590 g/mol. The van der Waals surface area contributed by atoms with Gasteiger partial charge in [-0.05, 0) is 88.3 Å². The molecule has 1 aromatic heterocycles. The van der Waals surface area contributed by atoms with Crippen molar-refractivity contribution in [2.75, 3.05) is 13.1 Å². The molecule has 44 heavy (non-hydrogen) atoms. The van der Waals surface area contributed by atoms with Crippen LogP contribution in [0.1, 0.15) is 78.7 Å². The average molecular weight is 623 g/mol. The zero-order valence-corrected chi connectivity index (χ0v) is 25.4. The molecule has 2 aromatic carbocycles. The molecule has 0 radical (unpaired) electrons. The summed E-state index contributed by atoms with van der Waals surface area (Å²) in [6.07, 6.45) is 5.14. The van der Waals surface area contributed by atoms with E-state index >= 15 is 0 Å². The second-order valence-electron chi connectivity index (χ2n) is 12.0. The monoisotopic (exact) mass is 622 g/mol. The summed E-state index contributed by atoms with van der Waals surface area (Å²) >= 11 is 6.51. The van der Waals surface area contributed by atoms with E-state index in [-0.39, 0.29) is 34.2 Å². The van der Waals surface area contributed by atoms with Gasteiger partial charge in [0.25, 0.3) is 11.8 Å². The zero-order chi connectivity index (χ0) is 31.8. The predicted molar refractivity (Wildman–Crippen MR) is 162 cm³/mol. The number of likely N-dealkylation sites (tertiary alicyclic amines) is 1. The van der Waals surface area contributed by atoms with Crippen LogP contribution in [0.5, 0.6) is 0 Å². The Morgan fingerprint density at radius 1 is 1.02 bits per heavy atom. The van der Waals surface area contributed by atoms with E-state index < -0.39 is 29.0 Å². The highest BCUT2D eigenvalue weighted by Crippen LogP contribution is 2.34. The molecule has 1 fully saturated rings. The molecule has 2 aliphatic rings.